The van der Waals surface area contributed by atoms with Crippen molar-refractivity contribution in [3.8, 4) is 11.5 Å². The van der Waals surface area contributed by atoms with Crippen molar-refractivity contribution in [2.24, 2.45) is 4.99 Å². The van der Waals surface area contributed by atoms with E-state index in [0.29, 0.717) is 43.1 Å². The fourth-order valence-electron chi connectivity index (χ4n) is 5.99. The number of allylic oxidation sites excluding steroid dienone is 1. The Morgan fingerprint density at radius 1 is 1.07 bits per heavy atom. The topological polar surface area (TPSA) is 101 Å². The number of aliphatic imine (C=N–C) groups is 1. The van der Waals surface area contributed by atoms with E-state index in [4.69, 9.17) is 19.3 Å². The first-order valence-electron chi connectivity index (χ1n) is 14.6. The summed E-state index contributed by atoms with van der Waals surface area (Å²) in [4.78, 5) is 38.9. The van der Waals surface area contributed by atoms with Gasteiger partial charge in [0.2, 0.25) is 11.9 Å². The fourth-order valence-corrected chi connectivity index (χ4v) is 5.99. The summed E-state index contributed by atoms with van der Waals surface area (Å²) in [5.74, 6) is 1.62. The summed E-state index contributed by atoms with van der Waals surface area (Å²) in [6.07, 6.45) is 7.21. The smallest absolute Gasteiger partial charge is 0.251 e. The van der Waals surface area contributed by atoms with E-state index in [2.05, 4.69) is 29.0 Å². The highest BCUT2D eigenvalue weighted by Gasteiger charge is 2.39. The molecule has 5 heterocycles. The Balaban J connectivity index is 0.00000165. The summed E-state index contributed by atoms with van der Waals surface area (Å²) >= 11 is 0. The zero-order chi connectivity index (χ0) is 29.1. The Morgan fingerprint density at radius 3 is 2.68 bits per heavy atom. The highest BCUT2D eigenvalue weighted by molar-refractivity contribution is 6.00. The average molecular weight is 561 g/mol. The first kappa shape index (κ1) is 28.7. The molecule has 0 aliphatic carbocycles. The molecule has 0 radical (unpaired) electrons. The number of guanidine groups is 1. The third kappa shape index (κ3) is 5.95. The normalized spacial score (nSPS) is 25.1. The van der Waals surface area contributed by atoms with Crippen molar-refractivity contribution in [1.29, 1.82) is 0 Å². The second-order valence-corrected chi connectivity index (χ2v) is 11.2. The lowest BCUT2D eigenvalue weighted by Crippen LogP contribution is -2.51. The van der Waals surface area contributed by atoms with E-state index in [0.717, 1.165) is 35.3 Å². The van der Waals surface area contributed by atoms with Gasteiger partial charge in [-0.3, -0.25) is 19.3 Å². The van der Waals surface area contributed by atoms with Crippen LogP contribution in [0.1, 0.15) is 98.9 Å². The molecule has 2 aromatic carbocycles. The summed E-state index contributed by atoms with van der Waals surface area (Å²) in [5, 5.41) is 3.26. The van der Waals surface area contributed by atoms with Gasteiger partial charge in [0.05, 0.1) is 31.8 Å². The number of fused-ring (bicyclic) bond motifs is 4. The standard InChI is InChI=1S/C30H34N4O5.C2H6/c1-30(2)17-23-21-14-18(8-10-26(21)39-30)6-4-5-7-20-16-27(35)34(29(31-20)33-37-3)24-12-13-38-25-11-9-19(15-22(24)25)28(36)32-23;1-2/h4,6,8-11,14-15,20,23-24H,5,7,12-13,16-17H2,1-3H3,(H,31,33)(H,32,36);1-2H3/b6-4+;/t20?,23?,24-;/m1./s1. The van der Waals surface area contributed by atoms with E-state index in [1.54, 1.807) is 11.0 Å². The number of rotatable bonds is 1. The van der Waals surface area contributed by atoms with Gasteiger partial charge >= 0.3 is 0 Å². The quantitative estimate of drug-likeness (QED) is 0.448. The number of ether oxygens (including phenoxy) is 2. The second kappa shape index (κ2) is 11.9. The van der Waals surface area contributed by atoms with Crippen LogP contribution in [0.3, 0.4) is 0 Å². The molecular formula is C32H40N4O5. The average Bonchev–Trinajstić information content (AvgIpc) is 2.95. The first-order valence-corrected chi connectivity index (χ1v) is 14.6. The third-order valence-electron chi connectivity index (χ3n) is 7.77. The van der Waals surface area contributed by atoms with Gasteiger partial charge in [0, 0.05) is 36.0 Å². The van der Waals surface area contributed by atoms with Crippen LogP contribution in [0.25, 0.3) is 6.08 Å². The summed E-state index contributed by atoms with van der Waals surface area (Å²) in [7, 11) is 1.51. The molecule has 0 saturated carbocycles. The molecule has 218 valence electrons. The van der Waals surface area contributed by atoms with Crippen LogP contribution in [0.2, 0.25) is 0 Å². The number of carbonyl (C=O) groups is 2. The molecular weight excluding hydrogens is 520 g/mol. The maximum absolute atomic E-state index is 13.7. The van der Waals surface area contributed by atoms with Crippen LogP contribution in [0, 0.1) is 0 Å². The highest BCUT2D eigenvalue weighted by atomic mass is 16.6. The largest absolute Gasteiger partial charge is 0.493 e. The van der Waals surface area contributed by atoms with Crippen molar-refractivity contribution in [3.05, 3.63) is 64.7 Å². The van der Waals surface area contributed by atoms with Crippen molar-refractivity contribution in [3.63, 3.8) is 0 Å². The van der Waals surface area contributed by atoms with Gasteiger partial charge in [0.1, 0.15) is 17.1 Å². The van der Waals surface area contributed by atoms with Gasteiger partial charge < -0.3 is 14.8 Å². The molecule has 0 saturated heterocycles. The number of carbonyl (C=O) groups excluding carboxylic acids is 2. The minimum atomic E-state index is -0.426. The van der Waals surface area contributed by atoms with Gasteiger partial charge in [0.15, 0.2) is 0 Å². The highest BCUT2D eigenvalue weighted by Crippen LogP contribution is 2.41. The van der Waals surface area contributed by atoms with Crippen LogP contribution in [0.15, 0.2) is 47.5 Å². The predicted octanol–water partition coefficient (Wildman–Crippen LogP) is 5.48. The van der Waals surface area contributed by atoms with Crippen LogP contribution in [-0.2, 0) is 9.63 Å². The predicted molar refractivity (Wildman–Crippen MR) is 158 cm³/mol. The lowest BCUT2D eigenvalue weighted by molar-refractivity contribution is -0.131. The minimum Gasteiger partial charge on any atom is -0.493 e. The lowest BCUT2D eigenvalue weighted by atomic mass is 9.88. The van der Waals surface area contributed by atoms with E-state index in [9.17, 15) is 9.59 Å². The van der Waals surface area contributed by atoms with Crippen LogP contribution in [-0.4, -0.2) is 48.0 Å². The van der Waals surface area contributed by atoms with Crippen molar-refractivity contribution >= 4 is 23.8 Å². The van der Waals surface area contributed by atoms with Gasteiger partial charge in [-0.05, 0) is 62.6 Å². The number of nitrogens with one attached hydrogen (secondary N) is 2. The monoisotopic (exact) mass is 560 g/mol. The van der Waals surface area contributed by atoms with E-state index < -0.39 is 5.60 Å². The van der Waals surface area contributed by atoms with Crippen molar-refractivity contribution < 1.29 is 23.9 Å². The molecule has 0 fully saturated rings. The fraction of sp³-hybridized carbons (Fsp3) is 0.469. The van der Waals surface area contributed by atoms with Gasteiger partial charge in [0.25, 0.3) is 5.91 Å². The number of nitrogens with zero attached hydrogens (tertiary/aromatic N) is 2. The lowest BCUT2D eigenvalue weighted by Gasteiger charge is -2.39. The Kier molecular flexibility index (Phi) is 8.35. The van der Waals surface area contributed by atoms with Crippen molar-refractivity contribution in [1.82, 2.24) is 15.7 Å². The molecule has 2 unspecified atom stereocenters. The maximum Gasteiger partial charge on any atom is 0.251 e. The molecule has 2 N–H and O–H groups in total. The molecule has 41 heavy (non-hydrogen) atoms. The van der Waals surface area contributed by atoms with Crippen LogP contribution in [0.5, 0.6) is 11.5 Å². The molecule has 0 aromatic heterocycles. The molecule has 3 atom stereocenters. The summed E-state index contributed by atoms with van der Waals surface area (Å²) in [6.45, 7) is 8.53. The maximum atomic E-state index is 13.7. The van der Waals surface area contributed by atoms with Crippen molar-refractivity contribution in [2.45, 2.75) is 83.5 Å². The Morgan fingerprint density at radius 2 is 1.88 bits per heavy atom. The Labute approximate surface area is 241 Å². The minimum absolute atomic E-state index is 0.0305. The number of amides is 2. The van der Waals surface area contributed by atoms with Gasteiger partial charge in [-0.25, -0.2) is 10.5 Å². The van der Waals surface area contributed by atoms with Gasteiger partial charge in [-0.15, -0.1) is 0 Å². The zero-order valence-corrected chi connectivity index (χ0v) is 24.5. The third-order valence-corrected chi connectivity index (χ3v) is 7.77. The zero-order valence-electron chi connectivity index (χ0n) is 24.5. The summed E-state index contributed by atoms with van der Waals surface area (Å²) in [6, 6.07) is 10.8. The summed E-state index contributed by atoms with van der Waals surface area (Å²) in [5.41, 5.74) is 5.70. The SMILES string of the molecule is CC.CONC1=NC2CC/C=C/c3ccc4c(c3)C(CC(C)(C)O4)NC(=O)c3ccc4c(c3)[C@@H](CCO4)N1C(=O)C2. The Bertz CT molecular complexity index is 1370. The molecule has 2 aromatic rings. The number of hydrogen-bond donors (Lipinski definition) is 2. The molecule has 5 aliphatic heterocycles. The van der Waals surface area contributed by atoms with E-state index >= 15 is 0 Å². The second-order valence-electron chi connectivity index (χ2n) is 11.2. The number of hydrogen-bond acceptors (Lipinski definition) is 7. The van der Waals surface area contributed by atoms with Gasteiger partial charge in [-0.1, -0.05) is 32.1 Å². The van der Waals surface area contributed by atoms with Crippen LogP contribution < -0.4 is 20.3 Å². The Hall–Kier alpha value is -3.85. The first-order chi connectivity index (χ1) is 19.8. The van der Waals surface area contributed by atoms with Crippen molar-refractivity contribution in [2.75, 3.05) is 13.7 Å². The van der Waals surface area contributed by atoms with Crippen LogP contribution >= 0.6 is 0 Å². The van der Waals surface area contributed by atoms with Crippen LogP contribution in [0.4, 0.5) is 0 Å². The molecule has 2 amide bonds. The molecule has 7 rings (SSSR count). The van der Waals surface area contributed by atoms with Gasteiger partial charge in [-0.2, -0.15) is 0 Å². The molecule has 0 spiro atoms. The number of benzene rings is 2. The molecule has 5 aliphatic rings. The molecule has 9 nitrogen and oxygen atoms in total. The van der Waals surface area contributed by atoms with E-state index in [1.807, 2.05) is 52.0 Å². The summed E-state index contributed by atoms with van der Waals surface area (Å²) < 4.78 is 12.2. The molecule has 6 bridgehead atoms. The van der Waals surface area contributed by atoms with E-state index in [-0.39, 0.29) is 29.9 Å². The van der Waals surface area contributed by atoms with E-state index in [1.165, 1.54) is 7.11 Å². The number of hydroxylamine groups is 1. The molecule has 9 heteroatoms.